The molecule has 1 N–H and O–H groups in total. The Morgan fingerprint density at radius 1 is 1.07 bits per heavy atom. The second-order valence-electron chi connectivity index (χ2n) is 3.69. The summed E-state index contributed by atoms with van der Waals surface area (Å²) in [4.78, 5) is 0. The molecule has 0 radical (unpaired) electrons. The third-order valence-electron chi connectivity index (χ3n) is 2.73. The molecule has 2 heteroatoms. The zero-order chi connectivity index (χ0) is 10.3. The van der Waals surface area contributed by atoms with Crippen molar-refractivity contribution in [1.82, 2.24) is 4.40 Å². The number of pyridine rings is 1. The summed E-state index contributed by atoms with van der Waals surface area (Å²) in [5.74, 6) is 0. The van der Waals surface area contributed by atoms with Crippen LogP contribution in [-0.4, -0.2) is 9.51 Å². The number of fused-ring (bicyclic) bond motifs is 3. The molecule has 0 aliphatic heterocycles. The number of aliphatic hydroxyl groups is 1. The average Bonchev–Trinajstić information content (AvgIpc) is 2.66. The molecule has 0 aliphatic rings. The van der Waals surface area contributed by atoms with Crippen LogP contribution < -0.4 is 0 Å². The third-order valence-corrected chi connectivity index (χ3v) is 2.73. The average molecular weight is 197 g/mol. The van der Waals surface area contributed by atoms with Crippen LogP contribution in [0.5, 0.6) is 0 Å². The van der Waals surface area contributed by atoms with Gasteiger partial charge in [0.05, 0.1) is 12.1 Å². The molecule has 0 fully saturated rings. The fourth-order valence-electron chi connectivity index (χ4n) is 1.99. The first-order valence-electron chi connectivity index (χ1n) is 4.98. The minimum absolute atomic E-state index is 0.0993. The summed E-state index contributed by atoms with van der Waals surface area (Å²) in [6.07, 6.45) is 2.05. The van der Waals surface area contributed by atoms with Crippen LogP contribution in [-0.2, 0) is 6.61 Å². The highest BCUT2D eigenvalue weighted by Gasteiger charge is 2.01. The molecule has 0 aliphatic carbocycles. The number of rotatable bonds is 1. The van der Waals surface area contributed by atoms with Crippen LogP contribution in [0, 0.1) is 0 Å². The lowest BCUT2D eigenvalue weighted by atomic mass is 10.2. The molecule has 2 heterocycles. The minimum atomic E-state index is 0.0993. The largest absolute Gasteiger partial charge is 0.392 e. The van der Waals surface area contributed by atoms with Gasteiger partial charge in [-0.25, -0.2) is 0 Å². The first-order valence-corrected chi connectivity index (χ1v) is 4.98. The second kappa shape index (κ2) is 3.11. The van der Waals surface area contributed by atoms with Crippen LogP contribution in [0.15, 0.2) is 48.7 Å². The maximum atomic E-state index is 9.07. The molecule has 0 unspecified atom stereocenters. The summed E-state index contributed by atoms with van der Waals surface area (Å²) in [6.45, 7) is 0.0993. The first kappa shape index (κ1) is 8.50. The van der Waals surface area contributed by atoms with Gasteiger partial charge in [0, 0.05) is 17.1 Å². The number of aromatic nitrogens is 1. The van der Waals surface area contributed by atoms with Gasteiger partial charge < -0.3 is 9.51 Å². The summed E-state index contributed by atoms with van der Waals surface area (Å²) < 4.78 is 2.15. The van der Waals surface area contributed by atoms with Gasteiger partial charge in [-0.15, -0.1) is 0 Å². The SMILES string of the molecule is OCc1ccc2c(c1)cc1ccccn12. The number of nitrogens with zero attached hydrogens (tertiary/aromatic N) is 1. The summed E-state index contributed by atoms with van der Waals surface area (Å²) in [6, 6.07) is 14.3. The Hall–Kier alpha value is -1.80. The predicted octanol–water partition coefficient (Wildman–Crippen LogP) is 2.58. The molecule has 3 rings (SSSR count). The van der Waals surface area contributed by atoms with E-state index in [0.717, 1.165) is 5.56 Å². The van der Waals surface area contributed by atoms with Gasteiger partial charge in [-0.3, -0.25) is 0 Å². The summed E-state index contributed by atoms with van der Waals surface area (Å²) in [7, 11) is 0. The zero-order valence-corrected chi connectivity index (χ0v) is 8.22. The smallest absolute Gasteiger partial charge is 0.0682 e. The van der Waals surface area contributed by atoms with E-state index in [9.17, 15) is 0 Å². The van der Waals surface area contributed by atoms with Crippen molar-refractivity contribution in [1.29, 1.82) is 0 Å². The molecule has 3 aromatic rings. The Bertz CT molecular complexity index is 625. The molecule has 0 bridgehead atoms. The lowest BCUT2D eigenvalue weighted by Gasteiger charge is -1.97. The maximum absolute atomic E-state index is 9.07. The maximum Gasteiger partial charge on any atom is 0.0682 e. The van der Waals surface area contributed by atoms with Gasteiger partial charge in [0.15, 0.2) is 0 Å². The van der Waals surface area contributed by atoms with Gasteiger partial charge in [-0.1, -0.05) is 12.1 Å². The molecule has 2 nitrogen and oxygen atoms in total. The zero-order valence-electron chi connectivity index (χ0n) is 8.22. The fourth-order valence-corrected chi connectivity index (χ4v) is 1.99. The van der Waals surface area contributed by atoms with E-state index in [4.69, 9.17) is 5.11 Å². The molecule has 1 aromatic carbocycles. The first-order chi connectivity index (χ1) is 7.38. The van der Waals surface area contributed by atoms with Gasteiger partial charge >= 0.3 is 0 Å². The van der Waals surface area contributed by atoms with Crippen molar-refractivity contribution in [2.45, 2.75) is 6.61 Å². The monoisotopic (exact) mass is 197 g/mol. The Labute approximate surface area is 87.4 Å². The molecule has 0 atom stereocenters. The molecule has 15 heavy (non-hydrogen) atoms. The lowest BCUT2D eigenvalue weighted by molar-refractivity contribution is 0.282. The van der Waals surface area contributed by atoms with Crippen LogP contribution in [0.2, 0.25) is 0 Å². The molecule has 0 saturated heterocycles. The lowest BCUT2D eigenvalue weighted by Crippen LogP contribution is -1.83. The second-order valence-corrected chi connectivity index (χ2v) is 3.69. The van der Waals surface area contributed by atoms with Crippen molar-refractivity contribution in [3.63, 3.8) is 0 Å². The van der Waals surface area contributed by atoms with Gasteiger partial charge in [0.1, 0.15) is 0 Å². The van der Waals surface area contributed by atoms with Crippen molar-refractivity contribution in [2.24, 2.45) is 0 Å². The van der Waals surface area contributed by atoms with Crippen molar-refractivity contribution in [3.05, 3.63) is 54.2 Å². The van der Waals surface area contributed by atoms with Crippen LogP contribution in [0.1, 0.15) is 5.56 Å². The van der Waals surface area contributed by atoms with E-state index >= 15 is 0 Å². The highest BCUT2D eigenvalue weighted by Crippen LogP contribution is 2.21. The van der Waals surface area contributed by atoms with Crippen molar-refractivity contribution in [3.8, 4) is 0 Å². The van der Waals surface area contributed by atoms with E-state index in [0.29, 0.717) is 0 Å². The van der Waals surface area contributed by atoms with E-state index in [1.54, 1.807) is 0 Å². The van der Waals surface area contributed by atoms with Crippen molar-refractivity contribution < 1.29 is 5.11 Å². The van der Waals surface area contributed by atoms with E-state index < -0.39 is 0 Å². The predicted molar refractivity (Wildman–Crippen MR) is 60.8 cm³/mol. The highest BCUT2D eigenvalue weighted by molar-refractivity contribution is 5.87. The molecule has 0 amide bonds. The normalized spacial score (nSPS) is 11.3. The standard InChI is InChI=1S/C13H11NO/c15-9-10-4-5-13-11(7-10)8-12-3-1-2-6-14(12)13/h1-8,15H,9H2. The Kier molecular flexibility index (Phi) is 1.76. The Morgan fingerprint density at radius 2 is 2.00 bits per heavy atom. The summed E-state index contributed by atoms with van der Waals surface area (Å²) in [5.41, 5.74) is 3.32. The fraction of sp³-hybridized carbons (Fsp3) is 0.0769. The number of aliphatic hydroxyl groups excluding tert-OH is 1. The van der Waals surface area contributed by atoms with Crippen molar-refractivity contribution >= 4 is 16.4 Å². The van der Waals surface area contributed by atoms with E-state index in [1.807, 2.05) is 30.3 Å². The van der Waals surface area contributed by atoms with Gasteiger partial charge in [0.25, 0.3) is 0 Å². The molecular weight excluding hydrogens is 186 g/mol. The molecular formula is C13H11NO. The van der Waals surface area contributed by atoms with E-state index in [1.165, 1.54) is 16.4 Å². The number of hydrogen-bond acceptors (Lipinski definition) is 1. The van der Waals surface area contributed by atoms with Crippen LogP contribution in [0.3, 0.4) is 0 Å². The summed E-state index contributed by atoms with van der Waals surface area (Å²) in [5, 5.41) is 10.2. The highest BCUT2D eigenvalue weighted by atomic mass is 16.3. The quantitative estimate of drug-likeness (QED) is 0.637. The Balaban J connectivity index is 2.43. The molecule has 2 aromatic heterocycles. The topological polar surface area (TPSA) is 24.6 Å². The van der Waals surface area contributed by atoms with Gasteiger partial charge in [-0.2, -0.15) is 0 Å². The van der Waals surface area contributed by atoms with E-state index in [-0.39, 0.29) is 6.61 Å². The van der Waals surface area contributed by atoms with Gasteiger partial charge in [0.2, 0.25) is 0 Å². The molecule has 0 spiro atoms. The number of hydrogen-bond donors (Lipinski definition) is 1. The Morgan fingerprint density at radius 3 is 2.87 bits per heavy atom. The molecule has 74 valence electrons. The van der Waals surface area contributed by atoms with Crippen LogP contribution >= 0.6 is 0 Å². The van der Waals surface area contributed by atoms with Crippen LogP contribution in [0.4, 0.5) is 0 Å². The minimum Gasteiger partial charge on any atom is -0.392 e. The van der Waals surface area contributed by atoms with E-state index in [2.05, 4.69) is 22.7 Å². The summed E-state index contributed by atoms with van der Waals surface area (Å²) >= 11 is 0. The van der Waals surface area contributed by atoms with Gasteiger partial charge in [-0.05, 0) is 35.9 Å². The van der Waals surface area contributed by atoms with Crippen molar-refractivity contribution in [2.75, 3.05) is 0 Å². The molecule has 0 saturated carbocycles. The third kappa shape index (κ3) is 1.22. The van der Waals surface area contributed by atoms with Crippen LogP contribution in [0.25, 0.3) is 16.4 Å². The number of benzene rings is 1.